The molecule has 0 aliphatic heterocycles. The van der Waals surface area contributed by atoms with E-state index in [1.165, 1.54) is 6.92 Å². The quantitative estimate of drug-likeness (QED) is 0.609. The maximum atomic E-state index is 11.6. The Kier molecular flexibility index (Phi) is 4.48. The van der Waals surface area contributed by atoms with Gasteiger partial charge in [-0.15, -0.1) is 0 Å². The highest BCUT2D eigenvalue weighted by Gasteiger charge is 2.12. The summed E-state index contributed by atoms with van der Waals surface area (Å²) in [7, 11) is 0. The fraction of sp³-hybridized carbons (Fsp3) is 0.429. The van der Waals surface area contributed by atoms with Gasteiger partial charge in [0.2, 0.25) is 0 Å². The highest BCUT2D eigenvalue weighted by atomic mass is 16.5. The molecule has 1 aromatic rings. The molecule has 0 aliphatic carbocycles. The van der Waals surface area contributed by atoms with Gasteiger partial charge in [0.15, 0.2) is 12.4 Å². The molecule has 0 bridgehead atoms. The first-order valence-corrected chi connectivity index (χ1v) is 5.73. The first kappa shape index (κ1) is 14.2. The van der Waals surface area contributed by atoms with E-state index in [2.05, 4.69) is 4.74 Å². The van der Waals surface area contributed by atoms with Crippen molar-refractivity contribution in [2.75, 3.05) is 6.61 Å². The van der Waals surface area contributed by atoms with Crippen LogP contribution in [0.15, 0.2) is 24.3 Å². The fourth-order valence-corrected chi connectivity index (χ4v) is 1.31. The molecule has 4 nitrogen and oxygen atoms in total. The maximum Gasteiger partial charge on any atom is 0.303 e. The van der Waals surface area contributed by atoms with E-state index in [0.29, 0.717) is 11.3 Å². The zero-order chi connectivity index (χ0) is 13.8. The molecule has 0 atom stereocenters. The SMILES string of the molecule is CC(=O)OCC(=O)c1ccc(OC(C)(C)C)cc1. The number of esters is 1. The van der Waals surface area contributed by atoms with E-state index >= 15 is 0 Å². The van der Waals surface area contributed by atoms with Crippen LogP contribution >= 0.6 is 0 Å². The molecular weight excluding hydrogens is 232 g/mol. The van der Waals surface area contributed by atoms with Crippen molar-refractivity contribution in [3.8, 4) is 5.75 Å². The van der Waals surface area contributed by atoms with E-state index in [9.17, 15) is 9.59 Å². The summed E-state index contributed by atoms with van der Waals surface area (Å²) in [6.45, 7) is 6.90. The average Bonchev–Trinajstić information content (AvgIpc) is 2.24. The van der Waals surface area contributed by atoms with E-state index in [0.717, 1.165) is 0 Å². The molecule has 1 rings (SSSR count). The number of rotatable bonds is 4. The van der Waals surface area contributed by atoms with Crippen LogP contribution in [0.3, 0.4) is 0 Å². The van der Waals surface area contributed by atoms with Crippen LogP contribution in [0, 0.1) is 0 Å². The lowest BCUT2D eigenvalue weighted by Gasteiger charge is -2.21. The zero-order valence-corrected chi connectivity index (χ0v) is 11.1. The van der Waals surface area contributed by atoms with Gasteiger partial charge in [-0.2, -0.15) is 0 Å². The minimum atomic E-state index is -0.462. The lowest BCUT2D eigenvalue weighted by Crippen LogP contribution is -2.22. The number of Topliss-reactive ketones (excluding diaryl/α,β-unsaturated/α-hetero) is 1. The van der Waals surface area contributed by atoms with E-state index in [4.69, 9.17) is 4.74 Å². The van der Waals surface area contributed by atoms with Crippen molar-refractivity contribution in [2.45, 2.75) is 33.3 Å². The molecule has 0 fully saturated rings. The summed E-state index contributed by atoms with van der Waals surface area (Å²) < 4.78 is 10.3. The average molecular weight is 250 g/mol. The van der Waals surface area contributed by atoms with Gasteiger partial charge < -0.3 is 9.47 Å². The van der Waals surface area contributed by atoms with Crippen LogP contribution in [0.5, 0.6) is 5.75 Å². The van der Waals surface area contributed by atoms with Crippen LogP contribution in [0.2, 0.25) is 0 Å². The van der Waals surface area contributed by atoms with Gasteiger partial charge in [-0.3, -0.25) is 9.59 Å². The molecule has 0 amide bonds. The predicted molar refractivity (Wildman–Crippen MR) is 67.8 cm³/mol. The summed E-state index contributed by atoms with van der Waals surface area (Å²) in [5.41, 5.74) is 0.223. The molecule has 18 heavy (non-hydrogen) atoms. The normalized spacial score (nSPS) is 10.9. The van der Waals surface area contributed by atoms with Crippen molar-refractivity contribution in [3.63, 3.8) is 0 Å². The second kappa shape index (κ2) is 5.67. The standard InChI is InChI=1S/C14H18O4/c1-10(15)17-9-13(16)11-5-7-12(8-6-11)18-14(2,3)4/h5-8H,9H2,1-4H3. The zero-order valence-electron chi connectivity index (χ0n) is 11.1. The topological polar surface area (TPSA) is 52.6 Å². The van der Waals surface area contributed by atoms with E-state index in [-0.39, 0.29) is 18.0 Å². The van der Waals surface area contributed by atoms with Crippen LogP contribution in [-0.2, 0) is 9.53 Å². The summed E-state index contributed by atoms with van der Waals surface area (Å²) in [5.74, 6) is 0.00933. The van der Waals surface area contributed by atoms with Gasteiger partial charge in [0.25, 0.3) is 0 Å². The molecule has 4 heteroatoms. The van der Waals surface area contributed by atoms with Gasteiger partial charge in [0.1, 0.15) is 11.4 Å². The van der Waals surface area contributed by atoms with Crippen molar-refractivity contribution in [1.82, 2.24) is 0 Å². The molecule has 0 saturated heterocycles. The Morgan fingerprint density at radius 1 is 1.11 bits per heavy atom. The lowest BCUT2D eigenvalue weighted by atomic mass is 10.1. The predicted octanol–water partition coefficient (Wildman–Crippen LogP) is 2.61. The van der Waals surface area contributed by atoms with Gasteiger partial charge >= 0.3 is 5.97 Å². The van der Waals surface area contributed by atoms with Gasteiger partial charge in [-0.1, -0.05) is 0 Å². The van der Waals surface area contributed by atoms with Crippen molar-refractivity contribution in [2.24, 2.45) is 0 Å². The Hall–Kier alpha value is -1.84. The molecule has 0 saturated carbocycles. The Labute approximate surface area is 107 Å². The third-order valence-electron chi connectivity index (χ3n) is 2.01. The van der Waals surface area contributed by atoms with Crippen molar-refractivity contribution in [3.05, 3.63) is 29.8 Å². The summed E-state index contributed by atoms with van der Waals surface area (Å²) in [6.07, 6.45) is 0. The monoisotopic (exact) mass is 250 g/mol. The molecule has 0 spiro atoms. The molecule has 0 heterocycles. The molecular formula is C14H18O4. The summed E-state index contributed by atoms with van der Waals surface area (Å²) in [4.78, 5) is 22.2. The number of carbonyl (C=O) groups is 2. The Morgan fingerprint density at radius 3 is 2.11 bits per heavy atom. The van der Waals surface area contributed by atoms with E-state index in [1.807, 2.05) is 20.8 Å². The minimum Gasteiger partial charge on any atom is -0.488 e. The maximum absolute atomic E-state index is 11.6. The van der Waals surface area contributed by atoms with Gasteiger partial charge in [-0.25, -0.2) is 0 Å². The first-order valence-electron chi connectivity index (χ1n) is 5.73. The highest BCUT2D eigenvalue weighted by Crippen LogP contribution is 2.18. The van der Waals surface area contributed by atoms with Crippen LogP contribution in [0.25, 0.3) is 0 Å². The van der Waals surface area contributed by atoms with Crippen molar-refractivity contribution >= 4 is 11.8 Å². The molecule has 0 aliphatic rings. The van der Waals surface area contributed by atoms with Crippen LogP contribution in [0.1, 0.15) is 38.1 Å². The number of ether oxygens (including phenoxy) is 2. The third kappa shape index (κ3) is 4.99. The number of carbonyl (C=O) groups excluding carboxylic acids is 2. The molecule has 98 valence electrons. The van der Waals surface area contributed by atoms with Gasteiger partial charge in [0.05, 0.1) is 0 Å². The second-order valence-electron chi connectivity index (χ2n) is 4.94. The van der Waals surface area contributed by atoms with Crippen LogP contribution in [-0.4, -0.2) is 24.0 Å². The number of hydrogen-bond acceptors (Lipinski definition) is 4. The summed E-state index contributed by atoms with van der Waals surface area (Å²) in [6, 6.07) is 6.78. The smallest absolute Gasteiger partial charge is 0.303 e. The van der Waals surface area contributed by atoms with Crippen molar-refractivity contribution in [1.29, 1.82) is 0 Å². The lowest BCUT2D eigenvalue weighted by molar-refractivity contribution is -0.139. The molecule has 0 unspecified atom stereocenters. The van der Waals surface area contributed by atoms with Crippen LogP contribution < -0.4 is 4.74 Å². The van der Waals surface area contributed by atoms with Gasteiger partial charge in [-0.05, 0) is 45.0 Å². The number of benzene rings is 1. The van der Waals surface area contributed by atoms with Gasteiger partial charge in [0, 0.05) is 12.5 Å². The fourth-order valence-electron chi connectivity index (χ4n) is 1.31. The Bertz CT molecular complexity index is 426. The Balaban J connectivity index is 2.65. The minimum absolute atomic E-state index is 0.227. The molecule has 1 aromatic carbocycles. The largest absolute Gasteiger partial charge is 0.488 e. The molecule has 0 N–H and O–H groups in total. The van der Waals surface area contributed by atoms with E-state index in [1.54, 1.807) is 24.3 Å². The van der Waals surface area contributed by atoms with Crippen molar-refractivity contribution < 1.29 is 19.1 Å². The van der Waals surface area contributed by atoms with E-state index < -0.39 is 5.97 Å². The summed E-state index contributed by atoms with van der Waals surface area (Å²) >= 11 is 0. The molecule has 0 aromatic heterocycles. The second-order valence-corrected chi connectivity index (χ2v) is 4.94. The molecule has 0 radical (unpaired) electrons. The summed E-state index contributed by atoms with van der Waals surface area (Å²) in [5, 5.41) is 0. The highest BCUT2D eigenvalue weighted by molar-refractivity contribution is 5.97. The number of ketones is 1. The first-order chi connectivity index (χ1) is 8.28. The Morgan fingerprint density at radius 2 is 1.67 bits per heavy atom. The number of hydrogen-bond donors (Lipinski definition) is 0. The third-order valence-corrected chi connectivity index (χ3v) is 2.01. The van der Waals surface area contributed by atoms with Crippen LogP contribution in [0.4, 0.5) is 0 Å².